The molecular weight excluding hydrogens is 372 g/mol. The molecule has 8 heteroatoms. The predicted octanol–water partition coefficient (Wildman–Crippen LogP) is 3.75. The summed E-state index contributed by atoms with van der Waals surface area (Å²) in [6, 6.07) is 1.08. The van der Waals surface area contributed by atoms with E-state index in [-0.39, 0.29) is 12.4 Å². The number of pyridine rings is 1. The summed E-state index contributed by atoms with van der Waals surface area (Å²) in [5.74, 6) is -1.09. The molecule has 0 bridgehead atoms. The minimum Gasteiger partial charge on any atom is -0.344 e. The first kappa shape index (κ1) is 14.7. The van der Waals surface area contributed by atoms with Gasteiger partial charge in [0.1, 0.15) is 6.54 Å². The van der Waals surface area contributed by atoms with Gasteiger partial charge < -0.3 is 4.90 Å². The van der Waals surface area contributed by atoms with Crippen LogP contribution in [0.15, 0.2) is 16.7 Å². The van der Waals surface area contributed by atoms with E-state index in [9.17, 15) is 17.6 Å². The van der Waals surface area contributed by atoms with Gasteiger partial charge in [-0.3, -0.25) is 0 Å². The third kappa shape index (κ3) is 4.79. The second kappa shape index (κ2) is 5.99. The molecule has 1 heterocycles. The Bertz CT molecular complexity index is 384. The summed E-state index contributed by atoms with van der Waals surface area (Å²) in [4.78, 5) is 4.51. The Hall–Kier alpha value is -0.370. The Morgan fingerprint density at radius 3 is 2.47 bits per heavy atom. The maximum Gasteiger partial charge on any atom is 0.405 e. The van der Waals surface area contributed by atoms with Gasteiger partial charge in [-0.15, -0.1) is 0 Å². The van der Waals surface area contributed by atoms with Gasteiger partial charge >= 0.3 is 6.18 Å². The Balaban J connectivity index is 2.97. The van der Waals surface area contributed by atoms with Crippen molar-refractivity contribution in [2.45, 2.75) is 6.18 Å². The first-order valence-corrected chi connectivity index (χ1v) is 6.43. The number of alkyl halides is 4. The van der Waals surface area contributed by atoms with Crippen LogP contribution < -0.4 is 4.90 Å². The first-order valence-electron chi connectivity index (χ1n) is 4.52. The first-order chi connectivity index (χ1) is 7.83. The molecular formula is C9H8Br2F4N2. The van der Waals surface area contributed by atoms with Crippen LogP contribution in [-0.2, 0) is 0 Å². The monoisotopic (exact) mass is 378 g/mol. The van der Waals surface area contributed by atoms with E-state index >= 15 is 0 Å². The van der Waals surface area contributed by atoms with Gasteiger partial charge in [-0.05, 0) is 22.0 Å². The molecule has 0 fully saturated rings. The molecule has 0 aliphatic heterocycles. The van der Waals surface area contributed by atoms with E-state index in [1.165, 1.54) is 6.20 Å². The quantitative estimate of drug-likeness (QED) is 0.585. The molecule has 0 unspecified atom stereocenters. The largest absolute Gasteiger partial charge is 0.405 e. The molecule has 0 spiro atoms. The molecule has 1 aromatic rings. The minimum absolute atomic E-state index is 0.0189. The van der Waals surface area contributed by atoms with Crippen LogP contribution in [0.1, 0.15) is 0 Å². The van der Waals surface area contributed by atoms with Crippen molar-refractivity contribution in [2.24, 2.45) is 0 Å². The number of rotatable bonds is 4. The molecule has 2 nitrogen and oxygen atoms in total. The molecule has 0 aliphatic rings. The summed E-state index contributed by atoms with van der Waals surface area (Å²) in [6.07, 6.45) is -3.14. The molecule has 0 radical (unpaired) electrons. The fourth-order valence-electron chi connectivity index (χ4n) is 1.22. The smallest absolute Gasteiger partial charge is 0.344 e. The molecule has 96 valence electrons. The van der Waals surface area contributed by atoms with Gasteiger partial charge in [0.25, 0.3) is 0 Å². The van der Waals surface area contributed by atoms with Crippen molar-refractivity contribution in [3.63, 3.8) is 0 Å². The molecule has 0 saturated heterocycles. The summed E-state index contributed by atoms with van der Waals surface area (Å²) < 4.78 is 50.8. The van der Waals surface area contributed by atoms with Crippen LogP contribution in [0.2, 0.25) is 0 Å². The normalized spacial score (nSPS) is 11.6. The Morgan fingerprint density at radius 1 is 1.35 bits per heavy atom. The second-order valence-corrected chi connectivity index (χ2v) is 4.89. The zero-order valence-electron chi connectivity index (χ0n) is 8.44. The highest BCUT2D eigenvalue weighted by atomic mass is 79.9. The van der Waals surface area contributed by atoms with Crippen molar-refractivity contribution in [3.8, 4) is 0 Å². The molecule has 1 aromatic heterocycles. The summed E-state index contributed by atoms with van der Waals surface area (Å²) in [5, 5.41) is 0.292. The molecule has 0 N–H and O–H groups in total. The topological polar surface area (TPSA) is 16.1 Å². The molecule has 17 heavy (non-hydrogen) atoms. The van der Waals surface area contributed by atoms with E-state index in [1.807, 2.05) is 0 Å². The lowest BCUT2D eigenvalue weighted by atomic mass is 10.4. The van der Waals surface area contributed by atoms with Crippen LogP contribution in [0.5, 0.6) is 0 Å². The molecule has 0 aromatic carbocycles. The van der Waals surface area contributed by atoms with Gasteiger partial charge in [-0.1, -0.05) is 15.9 Å². The van der Waals surface area contributed by atoms with E-state index in [4.69, 9.17) is 0 Å². The highest BCUT2D eigenvalue weighted by molar-refractivity contribution is 9.10. The van der Waals surface area contributed by atoms with Crippen molar-refractivity contribution < 1.29 is 17.6 Å². The number of anilines is 1. The number of halogens is 6. The van der Waals surface area contributed by atoms with Crippen molar-refractivity contribution in [2.75, 3.05) is 23.3 Å². The van der Waals surface area contributed by atoms with Crippen molar-refractivity contribution in [3.05, 3.63) is 22.6 Å². The molecule has 1 rings (SSSR count). The van der Waals surface area contributed by atoms with Gasteiger partial charge in [-0.2, -0.15) is 13.2 Å². The van der Waals surface area contributed by atoms with E-state index < -0.39 is 18.5 Å². The van der Waals surface area contributed by atoms with Crippen LogP contribution in [0.25, 0.3) is 0 Å². The van der Waals surface area contributed by atoms with Crippen LogP contribution in [-0.4, -0.2) is 29.6 Å². The van der Waals surface area contributed by atoms with Gasteiger partial charge in [0, 0.05) is 22.5 Å². The van der Waals surface area contributed by atoms with Crippen LogP contribution >= 0.6 is 31.9 Å². The van der Waals surface area contributed by atoms with Crippen molar-refractivity contribution >= 4 is 37.7 Å². The SMILES string of the molecule is Fc1cc(Br)cnc1N(CCBr)CC(F)(F)F. The van der Waals surface area contributed by atoms with Gasteiger partial charge in [0.15, 0.2) is 11.6 Å². The molecule has 0 aliphatic carbocycles. The summed E-state index contributed by atoms with van der Waals surface area (Å²) in [6.45, 7) is -1.21. The van der Waals surface area contributed by atoms with Crippen molar-refractivity contribution in [1.82, 2.24) is 4.98 Å². The Labute approximate surface area is 112 Å². The fraction of sp³-hybridized carbons (Fsp3) is 0.444. The van der Waals surface area contributed by atoms with Crippen LogP contribution in [0.3, 0.4) is 0 Å². The lowest BCUT2D eigenvalue weighted by Crippen LogP contribution is -2.36. The van der Waals surface area contributed by atoms with Gasteiger partial charge in [-0.25, -0.2) is 9.37 Å². The number of hydrogen-bond donors (Lipinski definition) is 0. The maximum atomic E-state index is 13.5. The highest BCUT2D eigenvalue weighted by Crippen LogP contribution is 2.24. The highest BCUT2D eigenvalue weighted by Gasteiger charge is 2.32. The van der Waals surface area contributed by atoms with Crippen molar-refractivity contribution in [1.29, 1.82) is 0 Å². The fourth-order valence-corrected chi connectivity index (χ4v) is 1.95. The van der Waals surface area contributed by atoms with Crippen LogP contribution in [0.4, 0.5) is 23.4 Å². The maximum absolute atomic E-state index is 13.5. The van der Waals surface area contributed by atoms with E-state index in [0.717, 1.165) is 11.0 Å². The standard InChI is InChI=1S/C9H8Br2F4N2/c10-1-2-17(5-9(13,14)15)8-7(12)3-6(11)4-16-8/h3-4H,1-2,5H2. The number of aromatic nitrogens is 1. The Kier molecular flexibility index (Phi) is 5.18. The number of hydrogen-bond acceptors (Lipinski definition) is 2. The summed E-state index contributed by atoms with van der Waals surface area (Å²) >= 11 is 6.02. The summed E-state index contributed by atoms with van der Waals surface area (Å²) in [5.41, 5.74) is 0. The Morgan fingerprint density at radius 2 is 2.00 bits per heavy atom. The zero-order valence-corrected chi connectivity index (χ0v) is 11.6. The molecule has 0 amide bonds. The van der Waals surface area contributed by atoms with E-state index in [0.29, 0.717) is 9.80 Å². The lowest BCUT2D eigenvalue weighted by molar-refractivity contribution is -0.119. The summed E-state index contributed by atoms with van der Waals surface area (Å²) in [7, 11) is 0. The van der Waals surface area contributed by atoms with Crippen LogP contribution in [0, 0.1) is 5.82 Å². The third-order valence-electron chi connectivity index (χ3n) is 1.81. The molecule has 0 saturated carbocycles. The van der Waals surface area contributed by atoms with E-state index in [2.05, 4.69) is 36.8 Å². The third-order valence-corrected chi connectivity index (χ3v) is 2.60. The molecule has 0 atom stereocenters. The average Bonchev–Trinajstić information content (AvgIpc) is 2.14. The van der Waals surface area contributed by atoms with Gasteiger partial charge in [0.2, 0.25) is 0 Å². The minimum atomic E-state index is -4.40. The number of nitrogens with zero attached hydrogens (tertiary/aromatic N) is 2. The average molecular weight is 380 g/mol. The lowest BCUT2D eigenvalue weighted by Gasteiger charge is -2.24. The van der Waals surface area contributed by atoms with E-state index in [1.54, 1.807) is 0 Å². The predicted molar refractivity (Wildman–Crippen MR) is 64.0 cm³/mol. The zero-order chi connectivity index (χ0) is 13.1. The van der Waals surface area contributed by atoms with Gasteiger partial charge in [0.05, 0.1) is 0 Å². The second-order valence-electron chi connectivity index (χ2n) is 3.18.